The molecule has 0 unspecified atom stereocenters. The van der Waals surface area contributed by atoms with Crippen LogP contribution in [0.15, 0.2) is 48.5 Å². The molecule has 2 saturated heterocycles. The van der Waals surface area contributed by atoms with Crippen molar-refractivity contribution in [1.82, 2.24) is 10.2 Å². The molecule has 13 heteroatoms. The number of morpholine rings is 2. The molecule has 201 valence electrons. The van der Waals surface area contributed by atoms with Crippen molar-refractivity contribution in [2.45, 2.75) is 0 Å². The zero-order valence-corrected chi connectivity index (χ0v) is 29.7. The van der Waals surface area contributed by atoms with Gasteiger partial charge in [-0.2, -0.15) is 0 Å². The van der Waals surface area contributed by atoms with E-state index in [0.717, 1.165) is 26.3 Å². The normalized spacial score (nSPS) is 14.0. The van der Waals surface area contributed by atoms with Gasteiger partial charge in [0.05, 0.1) is 47.6 Å². The molecule has 2 aliphatic heterocycles. The van der Waals surface area contributed by atoms with Crippen LogP contribution in [0.4, 0.5) is 0 Å². The zero-order chi connectivity index (χ0) is 27.2. The monoisotopic (exact) mass is 933 g/mol. The second kappa shape index (κ2) is 25.1. The van der Waals surface area contributed by atoms with Crippen LogP contribution in [0.5, 0.6) is 0 Å². The van der Waals surface area contributed by atoms with Crippen molar-refractivity contribution in [1.29, 1.82) is 0 Å². The third-order valence-electron chi connectivity index (χ3n) is 4.33. The standard InChI is InChI=1S/C11H12ClNO2.C7H4Cl2O.C4H9NO.CH3I.2HI.V/c12-10-4-2-1-3-9(10)11(14)13-5-7-15-8-6-13;8-6-4-2-1-3-5(6)7(9)10;1-3-6-4-2-5-1;1-2;;;/h1-4H,5-8H2;1-4H;5H,1-4H2;1H3;2*1H;/q;;;;;;+2/p-2. The first-order valence-corrected chi connectivity index (χ1v) is 22.9. The topological polar surface area (TPSA) is 67.9 Å². The van der Waals surface area contributed by atoms with Crippen LogP contribution in [0, 0.1) is 0 Å². The molecule has 0 aromatic heterocycles. The predicted octanol–water partition coefficient (Wildman–Crippen LogP) is 6.96. The number of carbonyl (C=O) groups excluding carboxylic acids is 2. The number of amides is 1. The van der Waals surface area contributed by atoms with Gasteiger partial charge in [-0.3, -0.25) is 9.59 Å². The van der Waals surface area contributed by atoms with Gasteiger partial charge >= 0.3 is 49.4 Å². The number of hydrogen-bond acceptors (Lipinski definition) is 5. The number of ether oxygens (including phenoxy) is 2. The number of nitrogens with one attached hydrogen (secondary N) is 1. The number of nitrogens with zero attached hydrogens (tertiary/aromatic N) is 1. The van der Waals surface area contributed by atoms with Gasteiger partial charge in [-0.1, -0.05) is 70.1 Å². The van der Waals surface area contributed by atoms with Gasteiger partial charge in [0.1, 0.15) is 0 Å². The molecule has 2 heterocycles. The Kier molecular flexibility index (Phi) is 25.9. The number of alkyl halides is 1. The van der Waals surface area contributed by atoms with Crippen molar-refractivity contribution >= 4 is 109 Å². The second-order valence-electron chi connectivity index (χ2n) is 6.56. The van der Waals surface area contributed by atoms with Crippen LogP contribution in [0.2, 0.25) is 10.0 Å². The molecule has 0 aliphatic carbocycles. The Hall–Kier alpha value is 1.10. The molecule has 0 spiro atoms. The van der Waals surface area contributed by atoms with Gasteiger partial charge < -0.3 is 19.7 Å². The summed E-state index contributed by atoms with van der Waals surface area (Å²) in [7, 11) is 0.628. The Labute approximate surface area is 271 Å². The van der Waals surface area contributed by atoms with Crippen molar-refractivity contribution in [3.05, 3.63) is 69.7 Å². The van der Waals surface area contributed by atoms with E-state index in [1.54, 1.807) is 41.3 Å². The summed E-state index contributed by atoms with van der Waals surface area (Å²) in [5.41, 5.74) is 0.923. The molecule has 2 aromatic rings. The van der Waals surface area contributed by atoms with Crippen molar-refractivity contribution in [2.75, 3.05) is 57.5 Å². The quantitative estimate of drug-likeness (QED) is 0.201. The molecule has 2 aliphatic rings. The summed E-state index contributed by atoms with van der Waals surface area (Å²) in [5, 5.41) is 3.54. The van der Waals surface area contributed by atoms with Gasteiger partial charge in [-0.15, -0.1) is 0 Å². The van der Waals surface area contributed by atoms with E-state index in [0.29, 0.717) is 56.9 Å². The summed E-state index contributed by atoms with van der Waals surface area (Å²) < 4.78 is 10.2. The maximum absolute atomic E-state index is 12.0. The predicted molar refractivity (Wildman–Crippen MR) is 171 cm³/mol. The van der Waals surface area contributed by atoms with E-state index in [-0.39, 0.29) is 5.91 Å². The Morgan fingerprint density at radius 3 is 1.58 bits per heavy atom. The van der Waals surface area contributed by atoms with E-state index in [1.165, 1.54) is 0 Å². The molecule has 4 rings (SSSR count). The molecule has 2 fully saturated rings. The van der Waals surface area contributed by atoms with E-state index in [4.69, 9.17) is 44.3 Å². The molecule has 2 aromatic carbocycles. The fourth-order valence-corrected chi connectivity index (χ4v) is 3.36. The maximum atomic E-state index is 12.0. The van der Waals surface area contributed by atoms with Gasteiger partial charge in [0.2, 0.25) is 0 Å². The Balaban J connectivity index is 0.000000503. The summed E-state index contributed by atoms with van der Waals surface area (Å²) >= 11 is 23.6. The van der Waals surface area contributed by atoms with Crippen LogP contribution < -0.4 is 5.32 Å². The van der Waals surface area contributed by atoms with Gasteiger partial charge in [0, 0.05) is 26.2 Å². The fraction of sp³-hybridized carbons (Fsp3) is 0.391. The first-order chi connectivity index (χ1) is 17.4. The molecule has 0 radical (unpaired) electrons. The molecule has 1 amide bonds. The Morgan fingerprint density at radius 2 is 1.25 bits per heavy atom. The third kappa shape index (κ3) is 16.9. The van der Waals surface area contributed by atoms with Crippen LogP contribution >= 0.6 is 97.4 Å². The van der Waals surface area contributed by atoms with Crippen LogP contribution in [0.1, 0.15) is 20.7 Å². The average molecular weight is 935 g/mol. The molecule has 0 saturated carbocycles. The van der Waals surface area contributed by atoms with E-state index in [1.807, 2.05) is 17.1 Å². The molecule has 1 N–H and O–H groups in total. The fourth-order valence-electron chi connectivity index (χ4n) is 2.71. The Morgan fingerprint density at radius 1 is 0.833 bits per heavy atom. The summed E-state index contributed by atoms with van der Waals surface area (Å²) in [6, 6.07) is 13.8. The average Bonchev–Trinajstić information content (AvgIpc) is 2.92. The molecule has 36 heavy (non-hydrogen) atoms. The molecule has 0 atom stereocenters. The number of rotatable bonds is 2. The molecule has 0 bridgehead atoms. The molecular weight excluding hydrogens is 906 g/mol. The SMILES string of the molecule is C1COCCN1.CI.O=C(Cl)c1ccccc1Cl.O=C(c1ccccc1Cl)N1CCOCC1.[I][V][I]. The van der Waals surface area contributed by atoms with E-state index >= 15 is 0 Å². The Bertz CT molecular complexity index is 866. The summed E-state index contributed by atoms with van der Waals surface area (Å²) in [5.74, 6) is -0.0103. The van der Waals surface area contributed by atoms with Crippen LogP contribution in [0.3, 0.4) is 0 Å². The minimum absolute atomic E-state index is 0.0103. The summed E-state index contributed by atoms with van der Waals surface area (Å²) in [4.78, 5) is 26.3. The van der Waals surface area contributed by atoms with Gasteiger partial charge in [-0.05, 0) is 40.8 Å². The summed E-state index contributed by atoms with van der Waals surface area (Å²) in [6.45, 7) is 6.33. The number of carbonyl (C=O) groups is 2. The van der Waals surface area contributed by atoms with E-state index < -0.39 is 5.24 Å². The second-order valence-corrected chi connectivity index (χ2v) is 19.5. The van der Waals surface area contributed by atoms with Crippen molar-refractivity contribution in [3.8, 4) is 0 Å². The van der Waals surface area contributed by atoms with Gasteiger partial charge in [0.15, 0.2) is 0 Å². The van der Waals surface area contributed by atoms with Crippen molar-refractivity contribution in [2.24, 2.45) is 0 Å². The van der Waals surface area contributed by atoms with Crippen molar-refractivity contribution < 1.29 is 28.5 Å². The first-order valence-electron chi connectivity index (χ1n) is 10.6. The van der Waals surface area contributed by atoms with Crippen LogP contribution in [0.25, 0.3) is 0 Å². The van der Waals surface area contributed by atoms with Gasteiger partial charge in [0.25, 0.3) is 11.1 Å². The third-order valence-corrected chi connectivity index (χ3v) is 5.20. The van der Waals surface area contributed by atoms with Gasteiger partial charge in [-0.25, -0.2) is 0 Å². The van der Waals surface area contributed by atoms with Crippen LogP contribution in [-0.4, -0.2) is 73.6 Å². The van der Waals surface area contributed by atoms with Crippen molar-refractivity contribution in [3.63, 3.8) is 0 Å². The first kappa shape index (κ1) is 37.1. The number of benzene rings is 2. The summed E-state index contributed by atoms with van der Waals surface area (Å²) in [6.07, 6.45) is 0. The van der Waals surface area contributed by atoms with E-state index in [9.17, 15) is 9.59 Å². The molecule has 6 nitrogen and oxygen atoms in total. The molecular formula is C23H28Cl3I3N2O4V. The van der Waals surface area contributed by atoms with E-state index in [2.05, 4.69) is 67.9 Å². The van der Waals surface area contributed by atoms with Crippen LogP contribution in [-0.2, 0) is 18.9 Å². The number of halogens is 6. The zero-order valence-electron chi connectivity index (χ0n) is 19.6. The number of hydrogen-bond donors (Lipinski definition) is 1. The minimum atomic E-state index is -0.523.